The van der Waals surface area contributed by atoms with Crippen molar-refractivity contribution in [2.75, 3.05) is 12.3 Å². The smallest absolute Gasteiger partial charge is 0.211 e. The van der Waals surface area contributed by atoms with E-state index in [2.05, 4.69) is 30.8 Å². The maximum absolute atomic E-state index is 11.9. The van der Waals surface area contributed by atoms with Crippen molar-refractivity contribution in [1.82, 2.24) is 10.0 Å². The second kappa shape index (κ2) is 9.18. The molecule has 1 aromatic rings. The Morgan fingerprint density at radius 1 is 1.05 bits per heavy atom. The Kier molecular flexibility index (Phi) is 7.93. The maximum Gasteiger partial charge on any atom is 0.211 e. The number of hydrogen-bond acceptors (Lipinski definition) is 3. The Labute approximate surface area is 129 Å². The lowest BCUT2D eigenvalue weighted by atomic mass is 10.1. The summed E-state index contributed by atoms with van der Waals surface area (Å²) in [6, 6.07) is 8.50. The summed E-state index contributed by atoms with van der Waals surface area (Å²) in [5, 5.41) is 3.29. The molecule has 1 rings (SSSR count). The van der Waals surface area contributed by atoms with Gasteiger partial charge in [0.15, 0.2) is 0 Å². The molecule has 0 radical (unpaired) electrons. The predicted octanol–water partition coefficient (Wildman–Crippen LogP) is 2.45. The van der Waals surface area contributed by atoms with Crippen LogP contribution >= 0.6 is 0 Å². The van der Waals surface area contributed by atoms with Crippen molar-refractivity contribution in [3.63, 3.8) is 0 Å². The van der Waals surface area contributed by atoms with Gasteiger partial charge in [0.05, 0.1) is 5.75 Å². The van der Waals surface area contributed by atoms with Gasteiger partial charge in [0.2, 0.25) is 10.0 Å². The van der Waals surface area contributed by atoms with E-state index in [1.165, 1.54) is 5.56 Å². The number of aryl methyl sites for hydroxylation is 1. The highest BCUT2D eigenvalue weighted by atomic mass is 32.2. The molecule has 0 saturated carbocycles. The zero-order valence-corrected chi connectivity index (χ0v) is 14.2. The number of unbranched alkanes of at least 4 members (excludes halogenated alkanes) is 1. The molecule has 0 aromatic heterocycles. The Morgan fingerprint density at radius 3 is 2.24 bits per heavy atom. The molecule has 0 amide bonds. The largest absolute Gasteiger partial charge is 0.315 e. The first-order chi connectivity index (χ1) is 9.93. The topological polar surface area (TPSA) is 58.2 Å². The lowest BCUT2D eigenvalue weighted by molar-refractivity contribution is 0.555. The average Bonchev–Trinajstić information content (AvgIpc) is 2.45. The third-order valence-corrected chi connectivity index (χ3v) is 4.73. The third-order valence-electron chi connectivity index (χ3n) is 3.32. The normalized spacial score (nSPS) is 12.0. The van der Waals surface area contributed by atoms with Crippen LogP contribution in [0.2, 0.25) is 0 Å². The van der Waals surface area contributed by atoms with E-state index in [-0.39, 0.29) is 5.75 Å². The van der Waals surface area contributed by atoms with Crippen LogP contribution in [-0.4, -0.2) is 26.8 Å². The van der Waals surface area contributed by atoms with Gasteiger partial charge in [0.1, 0.15) is 0 Å². The molecule has 0 aliphatic rings. The zero-order chi connectivity index (χ0) is 15.7. The van der Waals surface area contributed by atoms with E-state index in [0.717, 1.165) is 24.9 Å². The van der Waals surface area contributed by atoms with Crippen molar-refractivity contribution in [2.24, 2.45) is 0 Å². The highest BCUT2D eigenvalue weighted by Crippen LogP contribution is 2.05. The SMILES string of the molecule is CCc1ccc(CNS(=O)(=O)CCCCNC(C)C)cc1. The van der Waals surface area contributed by atoms with Gasteiger partial charge >= 0.3 is 0 Å². The second-order valence-electron chi connectivity index (χ2n) is 5.63. The monoisotopic (exact) mass is 312 g/mol. The zero-order valence-electron chi connectivity index (χ0n) is 13.4. The summed E-state index contributed by atoms with van der Waals surface area (Å²) < 4.78 is 26.4. The van der Waals surface area contributed by atoms with E-state index in [9.17, 15) is 8.42 Å². The lowest BCUT2D eigenvalue weighted by Crippen LogP contribution is -2.27. The van der Waals surface area contributed by atoms with Crippen LogP contribution in [0, 0.1) is 0 Å². The van der Waals surface area contributed by atoms with Crippen LogP contribution in [-0.2, 0) is 23.0 Å². The van der Waals surface area contributed by atoms with Gasteiger partial charge in [-0.25, -0.2) is 13.1 Å². The van der Waals surface area contributed by atoms with E-state index < -0.39 is 10.0 Å². The minimum Gasteiger partial charge on any atom is -0.315 e. The highest BCUT2D eigenvalue weighted by Gasteiger charge is 2.09. The molecule has 0 saturated heterocycles. The van der Waals surface area contributed by atoms with Gasteiger partial charge in [-0.05, 0) is 36.9 Å². The number of hydrogen-bond donors (Lipinski definition) is 2. The molecule has 0 heterocycles. The molecule has 4 nitrogen and oxygen atoms in total. The summed E-state index contributed by atoms with van der Waals surface area (Å²) >= 11 is 0. The quantitative estimate of drug-likeness (QED) is 0.653. The van der Waals surface area contributed by atoms with Crippen LogP contribution in [0.5, 0.6) is 0 Å². The van der Waals surface area contributed by atoms with Gasteiger partial charge in [0.25, 0.3) is 0 Å². The number of rotatable bonds is 10. The molecule has 0 aliphatic heterocycles. The molecular formula is C16H28N2O2S. The molecular weight excluding hydrogens is 284 g/mol. The van der Waals surface area contributed by atoms with Crippen LogP contribution in [0.25, 0.3) is 0 Å². The van der Waals surface area contributed by atoms with Gasteiger partial charge in [-0.15, -0.1) is 0 Å². The summed E-state index contributed by atoms with van der Waals surface area (Å²) in [5.74, 6) is 0.194. The van der Waals surface area contributed by atoms with Crippen LogP contribution in [0.3, 0.4) is 0 Å². The Hall–Kier alpha value is -0.910. The Balaban J connectivity index is 2.28. The molecule has 1 aromatic carbocycles. The van der Waals surface area contributed by atoms with Crippen LogP contribution in [0.4, 0.5) is 0 Å². The van der Waals surface area contributed by atoms with Gasteiger partial charge in [0, 0.05) is 12.6 Å². The first kappa shape index (κ1) is 18.1. The van der Waals surface area contributed by atoms with Crippen molar-refractivity contribution in [3.05, 3.63) is 35.4 Å². The second-order valence-corrected chi connectivity index (χ2v) is 7.55. The third kappa shape index (κ3) is 8.19. The number of nitrogens with one attached hydrogen (secondary N) is 2. The van der Waals surface area contributed by atoms with Crippen LogP contribution in [0.15, 0.2) is 24.3 Å². The summed E-state index contributed by atoms with van der Waals surface area (Å²) in [7, 11) is -3.17. The fourth-order valence-electron chi connectivity index (χ4n) is 1.97. The molecule has 0 spiro atoms. The molecule has 0 fully saturated rings. The minimum atomic E-state index is -3.17. The summed E-state index contributed by atoms with van der Waals surface area (Å²) in [5.41, 5.74) is 2.26. The van der Waals surface area contributed by atoms with Crippen molar-refractivity contribution in [1.29, 1.82) is 0 Å². The van der Waals surface area contributed by atoms with Gasteiger partial charge in [-0.2, -0.15) is 0 Å². The first-order valence-electron chi connectivity index (χ1n) is 7.71. The van der Waals surface area contributed by atoms with Gasteiger partial charge in [-0.3, -0.25) is 0 Å². The van der Waals surface area contributed by atoms with E-state index in [1.807, 2.05) is 24.3 Å². The molecule has 0 aliphatic carbocycles. The fraction of sp³-hybridized carbons (Fsp3) is 0.625. The molecule has 2 N–H and O–H groups in total. The summed E-state index contributed by atoms with van der Waals surface area (Å²) in [6.07, 6.45) is 2.56. The van der Waals surface area contributed by atoms with Gasteiger partial charge < -0.3 is 5.32 Å². The van der Waals surface area contributed by atoms with Crippen LogP contribution < -0.4 is 10.0 Å². The van der Waals surface area contributed by atoms with Gasteiger partial charge in [-0.1, -0.05) is 45.0 Å². The van der Waals surface area contributed by atoms with E-state index in [0.29, 0.717) is 19.0 Å². The number of benzene rings is 1. The maximum atomic E-state index is 11.9. The van der Waals surface area contributed by atoms with Crippen molar-refractivity contribution in [2.45, 2.75) is 52.6 Å². The van der Waals surface area contributed by atoms with Crippen LogP contribution in [0.1, 0.15) is 44.7 Å². The standard InChI is InChI=1S/C16H28N2O2S/c1-4-15-7-9-16(10-8-15)13-18-21(19,20)12-6-5-11-17-14(2)3/h7-10,14,17-18H,4-6,11-13H2,1-3H3. The van der Waals surface area contributed by atoms with Crippen molar-refractivity contribution < 1.29 is 8.42 Å². The molecule has 0 bridgehead atoms. The van der Waals surface area contributed by atoms with Crippen molar-refractivity contribution in [3.8, 4) is 0 Å². The average molecular weight is 312 g/mol. The summed E-state index contributed by atoms with van der Waals surface area (Å²) in [6.45, 7) is 7.51. The van der Waals surface area contributed by atoms with Crippen molar-refractivity contribution >= 4 is 10.0 Å². The molecule has 120 valence electrons. The van der Waals surface area contributed by atoms with E-state index in [4.69, 9.17) is 0 Å². The predicted molar refractivity (Wildman–Crippen MR) is 88.8 cm³/mol. The van der Waals surface area contributed by atoms with E-state index in [1.54, 1.807) is 0 Å². The molecule has 0 atom stereocenters. The minimum absolute atomic E-state index is 0.194. The lowest BCUT2D eigenvalue weighted by Gasteiger charge is -2.09. The van der Waals surface area contributed by atoms with E-state index >= 15 is 0 Å². The molecule has 5 heteroatoms. The Bertz CT molecular complexity index is 496. The number of sulfonamides is 1. The highest BCUT2D eigenvalue weighted by molar-refractivity contribution is 7.89. The summed E-state index contributed by atoms with van der Waals surface area (Å²) in [4.78, 5) is 0. The molecule has 0 unspecified atom stereocenters. The first-order valence-corrected chi connectivity index (χ1v) is 9.36. The molecule has 21 heavy (non-hydrogen) atoms. The fourth-order valence-corrected chi connectivity index (χ4v) is 3.08. The Morgan fingerprint density at radius 2 is 1.67 bits per heavy atom.